The van der Waals surface area contributed by atoms with Gasteiger partial charge in [-0.2, -0.15) is 0 Å². The van der Waals surface area contributed by atoms with Gasteiger partial charge in [0.05, 0.1) is 11.9 Å². The van der Waals surface area contributed by atoms with E-state index in [9.17, 15) is 19.8 Å². The van der Waals surface area contributed by atoms with Crippen molar-refractivity contribution in [2.75, 3.05) is 0 Å². The molecule has 0 bridgehead atoms. The van der Waals surface area contributed by atoms with Gasteiger partial charge in [-0.15, -0.1) is 0 Å². The Labute approximate surface area is 190 Å². The van der Waals surface area contributed by atoms with Gasteiger partial charge in [0.2, 0.25) is 0 Å². The van der Waals surface area contributed by atoms with E-state index in [0.29, 0.717) is 24.0 Å². The van der Waals surface area contributed by atoms with E-state index in [2.05, 4.69) is 13.8 Å². The number of carboxylic acids is 2. The van der Waals surface area contributed by atoms with E-state index in [1.807, 2.05) is 27.7 Å². The summed E-state index contributed by atoms with van der Waals surface area (Å²) in [6.45, 7) is 12.2. The first-order valence-electron chi connectivity index (χ1n) is 11.4. The summed E-state index contributed by atoms with van der Waals surface area (Å²) in [5.41, 5.74) is 0.837. The molecule has 0 radical (unpaired) electrons. The van der Waals surface area contributed by atoms with E-state index in [0.717, 1.165) is 25.7 Å². The molecule has 0 aromatic carbocycles. The van der Waals surface area contributed by atoms with Gasteiger partial charge in [0.1, 0.15) is 0 Å². The molecular formula is C24H44O4Sn. The first kappa shape index (κ1) is 32.9. The van der Waals surface area contributed by atoms with Crippen molar-refractivity contribution in [3.8, 4) is 0 Å². The van der Waals surface area contributed by atoms with Gasteiger partial charge in [-0.1, -0.05) is 52.7 Å². The average molecular weight is 515 g/mol. The molecular weight excluding hydrogens is 471 g/mol. The van der Waals surface area contributed by atoms with Gasteiger partial charge < -0.3 is 19.8 Å². The molecule has 168 valence electrons. The molecule has 29 heavy (non-hydrogen) atoms. The fraction of sp³-hybridized carbons (Fsp3) is 0.750. The number of unbranched alkanes of at least 4 members (excludes halogenated alkanes) is 4. The molecule has 0 atom stereocenters. The third-order valence-corrected chi connectivity index (χ3v) is 8.10. The van der Waals surface area contributed by atoms with Crippen LogP contribution in [0.15, 0.2) is 23.3 Å². The molecule has 5 heteroatoms. The van der Waals surface area contributed by atoms with Crippen LogP contribution in [0.4, 0.5) is 0 Å². The van der Waals surface area contributed by atoms with Gasteiger partial charge in [0.25, 0.3) is 0 Å². The molecule has 0 spiro atoms. The standard InChI is InChI=1S/2C8H14O2.2C4H9.Sn/c2*1-3-5-6-7(4-2)8(9)10;2*1-3-4-2;/h2*6H,3-5H2,1-2H3,(H,9,10);2*1,3-4H2,2H3;/q;;;;+2/p-2. The zero-order chi connectivity index (χ0) is 22.9. The molecule has 0 aliphatic carbocycles. The van der Waals surface area contributed by atoms with E-state index >= 15 is 0 Å². The van der Waals surface area contributed by atoms with Crippen LogP contribution in [-0.4, -0.2) is 33.1 Å². The molecule has 0 aromatic rings. The van der Waals surface area contributed by atoms with Crippen LogP contribution in [0.5, 0.6) is 0 Å². The number of aliphatic carboxylic acids is 2. The summed E-state index contributed by atoms with van der Waals surface area (Å²) in [5.74, 6) is -2.06. The summed E-state index contributed by atoms with van der Waals surface area (Å²) in [6, 6.07) is 0. The van der Waals surface area contributed by atoms with Crippen LogP contribution in [0.3, 0.4) is 0 Å². The Balaban J connectivity index is -0.000000350. The zero-order valence-electron chi connectivity index (χ0n) is 19.8. The van der Waals surface area contributed by atoms with Crippen molar-refractivity contribution in [3.63, 3.8) is 0 Å². The van der Waals surface area contributed by atoms with Crippen molar-refractivity contribution in [2.24, 2.45) is 0 Å². The predicted octanol–water partition coefficient (Wildman–Crippen LogP) is 4.87. The molecule has 4 nitrogen and oxygen atoms in total. The van der Waals surface area contributed by atoms with E-state index in [-0.39, 0.29) is 21.1 Å². The van der Waals surface area contributed by atoms with Crippen LogP contribution in [0, 0.1) is 0 Å². The first-order chi connectivity index (χ1) is 13.9. The van der Waals surface area contributed by atoms with Crippen LogP contribution in [0.2, 0.25) is 8.87 Å². The van der Waals surface area contributed by atoms with Crippen LogP contribution in [0.25, 0.3) is 0 Å². The summed E-state index contributed by atoms with van der Waals surface area (Å²) in [5, 5.41) is 20.5. The summed E-state index contributed by atoms with van der Waals surface area (Å²) in [7, 11) is 0. The van der Waals surface area contributed by atoms with Crippen molar-refractivity contribution >= 4 is 33.1 Å². The molecule has 0 aliphatic rings. The first-order valence-corrected chi connectivity index (χ1v) is 15.4. The van der Waals surface area contributed by atoms with Crippen molar-refractivity contribution in [2.45, 2.75) is 115 Å². The molecule has 0 saturated carbocycles. The Kier molecular flexibility index (Phi) is 30.9. The number of hydrogen-bond acceptors (Lipinski definition) is 4. The summed E-state index contributed by atoms with van der Waals surface area (Å²) in [6.07, 6.45) is 14.0. The molecule has 0 N–H and O–H groups in total. The van der Waals surface area contributed by atoms with Gasteiger partial charge in [0.15, 0.2) is 0 Å². The van der Waals surface area contributed by atoms with Gasteiger partial charge >= 0.3 is 69.5 Å². The molecule has 0 aliphatic heterocycles. The summed E-state index contributed by atoms with van der Waals surface area (Å²) < 4.78 is 3.25. The average Bonchev–Trinajstić information content (AvgIpc) is 2.69. The number of hydrogen-bond donors (Lipinski definition) is 0. The number of allylic oxidation sites excluding steroid dienone is 2. The fourth-order valence-corrected chi connectivity index (χ4v) is 6.27. The minimum absolute atomic E-state index is 0.149. The summed E-state index contributed by atoms with van der Waals surface area (Å²) >= 11 is 0.149. The van der Waals surface area contributed by atoms with Crippen LogP contribution < -0.4 is 10.2 Å². The molecule has 0 rings (SSSR count). The second-order valence-corrected chi connectivity index (χ2v) is 11.1. The van der Waals surface area contributed by atoms with E-state index in [1.54, 1.807) is 21.0 Å². The Hall–Kier alpha value is -0.781. The van der Waals surface area contributed by atoms with Crippen LogP contribution in [-0.2, 0) is 9.59 Å². The predicted molar refractivity (Wildman–Crippen MR) is 122 cm³/mol. The summed E-state index contributed by atoms with van der Waals surface area (Å²) in [4.78, 5) is 20.5. The van der Waals surface area contributed by atoms with Gasteiger partial charge in [-0.3, -0.25) is 0 Å². The SMILES string of the molecule is CCCC=C(CC)C(=O)[O-].CCCC=C(CC)C(=O)[O-].CCC[CH2][Sn+2][CH2]CCC. The molecule has 0 heterocycles. The van der Waals surface area contributed by atoms with E-state index < -0.39 is 11.9 Å². The monoisotopic (exact) mass is 516 g/mol. The van der Waals surface area contributed by atoms with Crippen molar-refractivity contribution in [3.05, 3.63) is 23.3 Å². The third-order valence-electron chi connectivity index (χ3n) is 4.06. The Bertz CT molecular complexity index is 402. The topological polar surface area (TPSA) is 80.3 Å². The zero-order valence-corrected chi connectivity index (χ0v) is 22.6. The van der Waals surface area contributed by atoms with Crippen molar-refractivity contribution < 1.29 is 19.8 Å². The number of carboxylic acid groups (broad SMARTS) is 2. The third kappa shape index (κ3) is 27.2. The molecule has 0 amide bonds. The Morgan fingerprint density at radius 2 is 1.00 bits per heavy atom. The molecule has 0 fully saturated rings. The minimum atomic E-state index is -1.03. The van der Waals surface area contributed by atoms with E-state index in [1.165, 1.54) is 25.7 Å². The van der Waals surface area contributed by atoms with Gasteiger partial charge in [-0.05, 0) is 36.8 Å². The maximum atomic E-state index is 10.3. The van der Waals surface area contributed by atoms with Crippen LogP contribution in [0.1, 0.15) is 106 Å². The van der Waals surface area contributed by atoms with E-state index in [4.69, 9.17) is 0 Å². The van der Waals surface area contributed by atoms with Crippen molar-refractivity contribution in [1.29, 1.82) is 0 Å². The Morgan fingerprint density at radius 1 is 0.655 bits per heavy atom. The number of rotatable bonds is 14. The van der Waals surface area contributed by atoms with Crippen molar-refractivity contribution in [1.82, 2.24) is 0 Å². The fourth-order valence-electron chi connectivity index (χ4n) is 2.11. The number of carbonyl (C=O) groups excluding carboxylic acids is 2. The number of carbonyl (C=O) groups is 2. The second-order valence-electron chi connectivity index (χ2n) is 6.78. The normalized spacial score (nSPS) is 10.8. The molecule has 0 aromatic heterocycles. The quantitative estimate of drug-likeness (QED) is 0.188. The molecule has 0 unspecified atom stereocenters. The van der Waals surface area contributed by atoms with Crippen LogP contribution >= 0.6 is 0 Å². The van der Waals surface area contributed by atoms with Gasteiger partial charge in [0, 0.05) is 0 Å². The Morgan fingerprint density at radius 3 is 1.21 bits per heavy atom. The molecule has 0 saturated heterocycles. The maximum absolute atomic E-state index is 10.3. The van der Waals surface area contributed by atoms with Gasteiger partial charge in [-0.25, -0.2) is 0 Å². The second kappa shape index (κ2) is 27.2.